The highest BCUT2D eigenvalue weighted by molar-refractivity contribution is 5.75. The van der Waals surface area contributed by atoms with E-state index in [0.717, 1.165) is 19.6 Å². The number of primary amides is 1. The Hall–Kier alpha value is -0.650. The third-order valence-electron chi connectivity index (χ3n) is 1.48. The zero-order valence-corrected chi connectivity index (χ0v) is 8.16. The highest BCUT2D eigenvalue weighted by atomic mass is 16.5. The van der Waals surface area contributed by atoms with Crippen LogP contribution in [-0.4, -0.2) is 50.2 Å². The highest BCUT2D eigenvalue weighted by Crippen LogP contribution is 1.94. The third-order valence-corrected chi connectivity index (χ3v) is 1.48. The molecular weight excluding hydrogens is 170 g/mol. The van der Waals surface area contributed by atoms with Gasteiger partial charge in [0, 0.05) is 13.1 Å². The Balaban J connectivity index is 0.000000424. The molecule has 0 saturated carbocycles. The third kappa shape index (κ3) is 7.70. The smallest absolute Gasteiger partial charge is 0.231 e. The van der Waals surface area contributed by atoms with Gasteiger partial charge in [0.2, 0.25) is 5.91 Å². The number of amides is 1. The van der Waals surface area contributed by atoms with Crippen molar-refractivity contribution in [1.82, 2.24) is 4.90 Å². The fourth-order valence-corrected chi connectivity index (χ4v) is 0.980. The van der Waals surface area contributed by atoms with Gasteiger partial charge in [-0.05, 0) is 6.54 Å². The molecule has 0 aromatic heterocycles. The number of hydrogen-bond donors (Lipinski definition) is 2. The summed E-state index contributed by atoms with van der Waals surface area (Å²) < 4.78 is 5.09. The molecule has 1 aliphatic rings. The second-order valence-corrected chi connectivity index (χ2v) is 2.76. The van der Waals surface area contributed by atoms with Crippen LogP contribution in [-0.2, 0) is 9.53 Å². The Morgan fingerprint density at radius 2 is 1.92 bits per heavy atom. The maximum atomic E-state index is 10.4. The van der Waals surface area contributed by atoms with Gasteiger partial charge >= 0.3 is 0 Å². The Labute approximate surface area is 79.0 Å². The van der Waals surface area contributed by atoms with E-state index in [2.05, 4.69) is 0 Å². The number of ether oxygens (including phenoxy) is 1. The van der Waals surface area contributed by atoms with Crippen LogP contribution in [0.15, 0.2) is 0 Å². The van der Waals surface area contributed by atoms with Crippen molar-refractivity contribution in [3.8, 4) is 0 Å². The first-order valence-electron chi connectivity index (χ1n) is 4.49. The lowest BCUT2D eigenvalue weighted by Crippen LogP contribution is -2.41. The fraction of sp³-hybridized carbons (Fsp3) is 0.875. The first-order chi connectivity index (χ1) is 6.20. The van der Waals surface area contributed by atoms with E-state index in [1.165, 1.54) is 0 Å². The van der Waals surface area contributed by atoms with Crippen LogP contribution in [0.1, 0.15) is 6.92 Å². The van der Waals surface area contributed by atoms with Gasteiger partial charge in [-0.15, -0.1) is 0 Å². The first-order valence-corrected chi connectivity index (χ1v) is 4.49. The molecule has 1 rings (SSSR count). The molecule has 13 heavy (non-hydrogen) atoms. The van der Waals surface area contributed by atoms with E-state index in [0.29, 0.717) is 19.8 Å². The fourth-order valence-electron chi connectivity index (χ4n) is 0.980. The minimum Gasteiger partial charge on any atom is -0.379 e. The second-order valence-electron chi connectivity index (χ2n) is 2.76. The standard InChI is InChI=1S/C6H12N2O2.C2H7N/c7-6(9)5-8-1-3-10-4-2-8;1-2-3/h1-5H2,(H2,7,9);2-3H2,1H3. The van der Waals surface area contributed by atoms with Gasteiger partial charge in [0.05, 0.1) is 19.8 Å². The molecule has 0 aromatic carbocycles. The quantitative estimate of drug-likeness (QED) is 0.570. The monoisotopic (exact) mass is 189 g/mol. The number of nitrogens with two attached hydrogens (primary N) is 2. The van der Waals surface area contributed by atoms with Crippen molar-refractivity contribution < 1.29 is 9.53 Å². The first kappa shape index (κ1) is 12.3. The van der Waals surface area contributed by atoms with Gasteiger partial charge in [-0.2, -0.15) is 0 Å². The molecule has 1 heterocycles. The molecule has 1 aliphatic heterocycles. The number of hydrogen-bond acceptors (Lipinski definition) is 4. The van der Waals surface area contributed by atoms with Crippen molar-refractivity contribution in [3.05, 3.63) is 0 Å². The van der Waals surface area contributed by atoms with Crippen LogP contribution >= 0.6 is 0 Å². The van der Waals surface area contributed by atoms with Crippen LogP contribution in [0, 0.1) is 0 Å². The summed E-state index contributed by atoms with van der Waals surface area (Å²) in [7, 11) is 0. The Bertz CT molecular complexity index is 135. The molecule has 1 fully saturated rings. The predicted octanol–water partition coefficient (Wildman–Crippen LogP) is -1.23. The topological polar surface area (TPSA) is 81.6 Å². The minimum absolute atomic E-state index is 0.262. The number of morpholine rings is 1. The lowest BCUT2D eigenvalue weighted by Gasteiger charge is -2.24. The zero-order chi connectivity index (χ0) is 10.1. The van der Waals surface area contributed by atoms with E-state index in [4.69, 9.17) is 16.2 Å². The van der Waals surface area contributed by atoms with Crippen molar-refractivity contribution in [2.75, 3.05) is 39.4 Å². The predicted molar refractivity (Wildman–Crippen MR) is 51.2 cm³/mol. The molecule has 4 N–H and O–H groups in total. The van der Waals surface area contributed by atoms with Gasteiger partial charge in [0.1, 0.15) is 0 Å². The zero-order valence-electron chi connectivity index (χ0n) is 8.16. The molecule has 0 radical (unpaired) electrons. The second kappa shape index (κ2) is 7.97. The van der Waals surface area contributed by atoms with Crippen LogP contribution < -0.4 is 11.5 Å². The molecule has 5 nitrogen and oxygen atoms in total. The molecule has 5 heteroatoms. The number of carbonyl (C=O) groups is 1. The minimum atomic E-state index is -0.262. The lowest BCUT2D eigenvalue weighted by molar-refractivity contribution is -0.120. The molecule has 0 aromatic rings. The van der Waals surface area contributed by atoms with Crippen molar-refractivity contribution in [3.63, 3.8) is 0 Å². The van der Waals surface area contributed by atoms with E-state index in [-0.39, 0.29) is 5.91 Å². The molecule has 0 bridgehead atoms. The summed E-state index contributed by atoms with van der Waals surface area (Å²) in [5, 5.41) is 0. The summed E-state index contributed by atoms with van der Waals surface area (Å²) in [5.41, 5.74) is 9.85. The summed E-state index contributed by atoms with van der Waals surface area (Å²) in [6.45, 7) is 6.09. The molecular formula is C8H19N3O2. The average molecular weight is 189 g/mol. The Morgan fingerprint density at radius 3 is 2.31 bits per heavy atom. The van der Waals surface area contributed by atoms with Gasteiger partial charge in [-0.1, -0.05) is 6.92 Å². The number of rotatable bonds is 2. The van der Waals surface area contributed by atoms with Crippen molar-refractivity contribution in [2.24, 2.45) is 11.5 Å². The van der Waals surface area contributed by atoms with E-state index >= 15 is 0 Å². The molecule has 0 atom stereocenters. The summed E-state index contributed by atoms with van der Waals surface area (Å²) in [6, 6.07) is 0. The number of nitrogens with zero attached hydrogens (tertiary/aromatic N) is 1. The SMILES string of the molecule is CCN.NC(=O)CN1CCOCC1. The van der Waals surface area contributed by atoms with Gasteiger partial charge in [-0.3, -0.25) is 9.69 Å². The van der Waals surface area contributed by atoms with E-state index < -0.39 is 0 Å². The summed E-state index contributed by atoms with van der Waals surface area (Å²) in [6.07, 6.45) is 0. The molecule has 0 unspecified atom stereocenters. The van der Waals surface area contributed by atoms with E-state index in [1.807, 2.05) is 11.8 Å². The summed E-state index contributed by atoms with van der Waals surface area (Å²) in [5.74, 6) is -0.262. The largest absolute Gasteiger partial charge is 0.379 e. The van der Waals surface area contributed by atoms with Gasteiger partial charge < -0.3 is 16.2 Å². The number of carbonyl (C=O) groups excluding carboxylic acids is 1. The van der Waals surface area contributed by atoms with Gasteiger partial charge in [-0.25, -0.2) is 0 Å². The lowest BCUT2D eigenvalue weighted by atomic mass is 10.4. The molecule has 0 aliphatic carbocycles. The Morgan fingerprint density at radius 1 is 1.46 bits per heavy atom. The molecule has 1 amide bonds. The van der Waals surface area contributed by atoms with Crippen molar-refractivity contribution >= 4 is 5.91 Å². The average Bonchev–Trinajstić information content (AvgIpc) is 2.06. The Kier molecular flexibility index (Phi) is 7.57. The van der Waals surface area contributed by atoms with Crippen LogP contribution in [0.2, 0.25) is 0 Å². The van der Waals surface area contributed by atoms with Crippen LogP contribution in [0.5, 0.6) is 0 Å². The molecule has 78 valence electrons. The van der Waals surface area contributed by atoms with Crippen molar-refractivity contribution in [2.45, 2.75) is 6.92 Å². The van der Waals surface area contributed by atoms with E-state index in [9.17, 15) is 4.79 Å². The molecule has 0 spiro atoms. The van der Waals surface area contributed by atoms with Crippen LogP contribution in [0.4, 0.5) is 0 Å². The maximum Gasteiger partial charge on any atom is 0.231 e. The summed E-state index contributed by atoms with van der Waals surface area (Å²) in [4.78, 5) is 12.4. The highest BCUT2D eigenvalue weighted by Gasteiger charge is 2.11. The van der Waals surface area contributed by atoms with Crippen LogP contribution in [0.3, 0.4) is 0 Å². The maximum absolute atomic E-state index is 10.4. The van der Waals surface area contributed by atoms with E-state index in [1.54, 1.807) is 0 Å². The molecule has 1 saturated heterocycles. The normalized spacial score (nSPS) is 17.4. The van der Waals surface area contributed by atoms with Gasteiger partial charge in [0.15, 0.2) is 0 Å². The van der Waals surface area contributed by atoms with Crippen LogP contribution in [0.25, 0.3) is 0 Å². The van der Waals surface area contributed by atoms with Crippen molar-refractivity contribution in [1.29, 1.82) is 0 Å². The van der Waals surface area contributed by atoms with Gasteiger partial charge in [0.25, 0.3) is 0 Å². The summed E-state index contributed by atoms with van der Waals surface area (Å²) >= 11 is 0.